The maximum atomic E-state index is 12.6. The first-order chi connectivity index (χ1) is 8.65. The molecule has 0 atom stereocenters. The summed E-state index contributed by atoms with van der Waals surface area (Å²) in [5.41, 5.74) is -2.84. The van der Waals surface area contributed by atoms with E-state index in [2.05, 4.69) is 14.5 Å². The standard InChI is InChI=1S/C8H5F5N2O4/c1-18-4-2-3(15(16)17)5(6(9)10)7(14-4)19-8(11,12)13/h2,6H,1H3. The van der Waals surface area contributed by atoms with Crippen LogP contribution in [0.3, 0.4) is 0 Å². The molecule has 0 saturated heterocycles. The van der Waals surface area contributed by atoms with Crippen molar-refractivity contribution in [2.45, 2.75) is 12.8 Å². The van der Waals surface area contributed by atoms with Crippen molar-refractivity contribution in [1.82, 2.24) is 4.98 Å². The molecule has 0 aromatic carbocycles. The number of hydrogen-bond donors (Lipinski definition) is 0. The van der Waals surface area contributed by atoms with Gasteiger partial charge in [-0.25, -0.2) is 8.78 Å². The van der Waals surface area contributed by atoms with Crippen molar-refractivity contribution in [2.75, 3.05) is 7.11 Å². The van der Waals surface area contributed by atoms with Crippen molar-refractivity contribution in [1.29, 1.82) is 0 Å². The number of pyridine rings is 1. The molecule has 11 heteroatoms. The van der Waals surface area contributed by atoms with Crippen molar-refractivity contribution in [3.8, 4) is 11.8 Å². The highest BCUT2D eigenvalue weighted by molar-refractivity contribution is 5.49. The van der Waals surface area contributed by atoms with Gasteiger partial charge in [0, 0.05) is 0 Å². The minimum absolute atomic E-state index is 0.477. The van der Waals surface area contributed by atoms with Gasteiger partial charge in [-0.15, -0.1) is 13.2 Å². The minimum Gasteiger partial charge on any atom is -0.481 e. The molecule has 106 valence electrons. The first-order valence-corrected chi connectivity index (χ1v) is 4.43. The third kappa shape index (κ3) is 3.63. The Morgan fingerprint density at radius 3 is 2.37 bits per heavy atom. The second kappa shape index (κ2) is 5.20. The van der Waals surface area contributed by atoms with Crippen LogP contribution in [0.5, 0.6) is 11.8 Å². The van der Waals surface area contributed by atoms with E-state index in [0.29, 0.717) is 6.07 Å². The molecular weight excluding hydrogens is 283 g/mol. The molecule has 0 N–H and O–H groups in total. The Kier molecular flexibility index (Phi) is 4.07. The van der Waals surface area contributed by atoms with Crippen molar-refractivity contribution < 1.29 is 36.3 Å². The topological polar surface area (TPSA) is 74.5 Å². The summed E-state index contributed by atoms with van der Waals surface area (Å²) in [6, 6.07) is 0.477. The fourth-order valence-corrected chi connectivity index (χ4v) is 1.15. The molecule has 0 bridgehead atoms. The van der Waals surface area contributed by atoms with Crippen LogP contribution in [0.2, 0.25) is 0 Å². The summed E-state index contributed by atoms with van der Waals surface area (Å²) in [5, 5.41) is 10.6. The largest absolute Gasteiger partial charge is 0.574 e. The number of rotatable bonds is 4. The molecule has 0 aliphatic heterocycles. The van der Waals surface area contributed by atoms with Crippen molar-refractivity contribution >= 4 is 5.69 Å². The van der Waals surface area contributed by atoms with E-state index < -0.39 is 40.7 Å². The van der Waals surface area contributed by atoms with Gasteiger partial charge in [0.15, 0.2) is 5.56 Å². The van der Waals surface area contributed by atoms with Gasteiger partial charge in [0.05, 0.1) is 18.1 Å². The Labute approximate surface area is 101 Å². The maximum Gasteiger partial charge on any atom is 0.574 e. The Morgan fingerprint density at radius 2 is 2.00 bits per heavy atom. The molecule has 0 aliphatic rings. The summed E-state index contributed by atoms with van der Waals surface area (Å²) in [4.78, 5) is 12.3. The average Bonchev–Trinajstić information content (AvgIpc) is 2.24. The van der Waals surface area contributed by atoms with E-state index in [-0.39, 0.29) is 0 Å². The van der Waals surface area contributed by atoms with Gasteiger partial charge < -0.3 is 9.47 Å². The SMILES string of the molecule is COc1cc([N+](=O)[O-])c(C(F)F)c(OC(F)(F)F)n1. The third-order valence-corrected chi connectivity index (χ3v) is 1.81. The molecule has 0 aliphatic carbocycles. The van der Waals surface area contributed by atoms with Gasteiger partial charge >= 0.3 is 6.36 Å². The van der Waals surface area contributed by atoms with E-state index >= 15 is 0 Å². The molecule has 0 radical (unpaired) electrons. The van der Waals surface area contributed by atoms with Crippen LogP contribution in [0.1, 0.15) is 12.0 Å². The second-order valence-corrected chi connectivity index (χ2v) is 3.01. The molecule has 1 aromatic rings. The van der Waals surface area contributed by atoms with E-state index in [4.69, 9.17) is 0 Å². The van der Waals surface area contributed by atoms with Crippen LogP contribution in [-0.4, -0.2) is 23.4 Å². The lowest BCUT2D eigenvalue weighted by Crippen LogP contribution is -2.19. The number of ether oxygens (including phenoxy) is 2. The molecule has 0 unspecified atom stereocenters. The van der Waals surface area contributed by atoms with Crippen molar-refractivity contribution in [3.05, 3.63) is 21.7 Å². The molecule has 0 fully saturated rings. The maximum absolute atomic E-state index is 12.6. The molecule has 1 heterocycles. The number of halogens is 5. The molecule has 19 heavy (non-hydrogen) atoms. The highest BCUT2D eigenvalue weighted by Crippen LogP contribution is 2.39. The summed E-state index contributed by atoms with van der Waals surface area (Å²) in [6.07, 6.45) is -8.90. The number of aromatic nitrogens is 1. The van der Waals surface area contributed by atoms with Gasteiger partial charge in [-0.1, -0.05) is 0 Å². The second-order valence-electron chi connectivity index (χ2n) is 3.01. The smallest absolute Gasteiger partial charge is 0.481 e. The number of hydrogen-bond acceptors (Lipinski definition) is 5. The van der Waals surface area contributed by atoms with Gasteiger partial charge in [0.2, 0.25) is 11.8 Å². The molecule has 6 nitrogen and oxygen atoms in total. The summed E-state index contributed by atoms with van der Waals surface area (Å²) >= 11 is 0. The Hall–Kier alpha value is -2.20. The van der Waals surface area contributed by atoms with Crippen LogP contribution < -0.4 is 9.47 Å². The molecule has 0 amide bonds. The monoisotopic (exact) mass is 288 g/mol. The van der Waals surface area contributed by atoms with Crippen LogP contribution in [0, 0.1) is 10.1 Å². The zero-order valence-electron chi connectivity index (χ0n) is 9.07. The van der Waals surface area contributed by atoms with Crippen molar-refractivity contribution in [2.24, 2.45) is 0 Å². The molecule has 1 aromatic heterocycles. The Balaban J connectivity index is 3.48. The molecule has 0 saturated carbocycles. The number of alkyl halides is 5. The van der Waals surface area contributed by atoms with E-state index in [9.17, 15) is 32.1 Å². The lowest BCUT2D eigenvalue weighted by atomic mass is 10.2. The minimum atomic E-state index is -5.32. The number of nitro groups is 1. The predicted molar refractivity (Wildman–Crippen MR) is 49.1 cm³/mol. The average molecular weight is 288 g/mol. The highest BCUT2D eigenvalue weighted by Gasteiger charge is 2.38. The molecular formula is C8H5F5N2O4. The molecule has 1 rings (SSSR count). The van der Waals surface area contributed by atoms with Crippen LogP contribution in [0.15, 0.2) is 6.07 Å². The normalized spacial score (nSPS) is 11.5. The van der Waals surface area contributed by atoms with Gasteiger partial charge in [0.25, 0.3) is 12.1 Å². The number of methoxy groups -OCH3 is 1. The first kappa shape index (κ1) is 14.9. The molecule has 0 spiro atoms. The van der Waals surface area contributed by atoms with Gasteiger partial charge in [-0.2, -0.15) is 4.98 Å². The first-order valence-electron chi connectivity index (χ1n) is 4.43. The van der Waals surface area contributed by atoms with Crippen LogP contribution in [0.4, 0.5) is 27.6 Å². The zero-order chi connectivity index (χ0) is 14.8. The lowest BCUT2D eigenvalue weighted by Gasteiger charge is -2.12. The number of nitrogens with zero attached hydrogens (tertiary/aromatic N) is 2. The summed E-state index contributed by atoms with van der Waals surface area (Å²) in [5.74, 6) is -2.27. The van der Waals surface area contributed by atoms with Crippen LogP contribution in [-0.2, 0) is 0 Å². The summed E-state index contributed by atoms with van der Waals surface area (Å²) < 4.78 is 69.0. The van der Waals surface area contributed by atoms with E-state index in [1.54, 1.807) is 0 Å². The van der Waals surface area contributed by atoms with E-state index in [1.807, 2.05) is 0 Å². The fraction of sp³-hybridized carbons (Fsp3) is 0.375. The van der Waals surface area contributed by atoms with E-state index in [1.165, 1.54) is 0 Å². The Bertz CT molecular complexity index is 491. The quantitative estimate of drug-likeness (QED) is 0.484. The zero-order valence-corrected chi connectivity index (χ0v) is 9.07. The lowest BCUT2D eigenvalue weighted by molar-refractivity contribution is -0.386. The van der Waals surface area contributed by atoms with Crippen LogP contribution >= 0.6 is 0 Å². The van der Waals surface area contributed by atoms with Crippen LogP contribution in [0.25, 0.3) is 0 Å². The van der Waals surface area contributed by atoms with E-state index in [0.717, 1.165) is 7.11 Å². The Morgan fingerprint density at radius 1 is 1.42 bits per heavy atom. The summed E-state index contributed by atoms with van der Waals surface area (Å²) in [7, 11) is 0.950. The fourth-order valence-electron chi connectivity index (χ4n) is 1.15. The van der Waals surface area contributed by atoms with Gasteiger partial charge in [-0.05, 0) is 0 Å². The summed E-state index contributed by atoms with van der Waals surface area (Å²) in [6.45, 7) is 0. The van der Waals surface area contributed by atoms with Gasteiger partial charge in [0.1, 0.15) is 0 Å². The van der Waals surface area contributed by atoms with Crippen molar-refractivity contribution in [3.63, 3.8) is 0 Å². The predicted octanol–water partition coefficient (Wildman–Crippen LogP) is 2.83. The highest BCUT2D eigenvalue weighted by atomic mass is 19.4. The third-order valence-electron chi connectivity index (χ3n) is 1.81. The van der Waals surface area contributed by atoms with Gasteiger partial charge in [-0.3, -0.25) is 10.1 Å².